The van der Waals surface area contributed by atoms with Gasteiger partial charge in [0.15, 0.2) is 0 Å². The molecular formula is C15H19N3O. The number of benzene rings is 1. The maximum atomic E-state index is 5.80. The predicted octanol–water partition coefficient (Wildman–Crippen LogP) is 2.08. The van der Waals surface area contributed by atoms with Crippen LogP contribution in [0.4, 0.5) is 0 Å². The number of hydrogen-bond donors (Lipinski definition) is 2. The number of aromatic nitrogens is 1. The van der Waals surface area contributed by atoms with Gasteiger partial charge in [-0.3, -0.25) is 16.3 Å². The largest absolute Gasteiger partial charge is 0.381 e. The standard InChI is InChI=1S/C15H19N3O/c1-10-8-13(12-4-2-3-5-14(12)17-10)15(18-16)11-6-7-19-9-11/h2-5,8,11,15,18H,6-7,9,16H2,1H3. The van der Waals surface area contributed by atoms with Crippen molar-refractivity contribution in [1.29, 1.82) is 0 Å². The number of nitrogens with zero attached hydrogens (tertiary/aromatic N) is 1. The smallest absolute Gasteiger partial charge is 0.0708 e. The third kappa shape index (κ3) is 2.34. The Morgan fingerprint density at radius 2 is 2.26 bits per heavy atom. The Morgan fingerprint density at radius 3 is 3.00 bits per heavy atom. The summed E-state index contributed by atoms with van der Waals surface area (Å²) in [5, 5.41) is 1.17. The fraction of sp³-hybridized carbons (Fsp3) is 0.400. The minimum atomic E-state index is 0.120. The van der Waals surface area contributed by atoms with Crippen molar-refractivity contribution in [2.45, 2.75) is 19.4 Å². The molecule has 0 bridgehead atoms. The lowest BCUT2D eigenvalue weighted by molar-refractivity contribution is 0.177. The van der Waals surface area contributed by atoms with Crippen LogP contribution in [0.3, 0.4) is 0 Å². The van der Waals surface area contributed by atoms with Gasteiger partial charge >= 0.3 is 0 Å². The first-order chi connectivity index (χ1) is 9.29. The Labute approximate surface area is 112 Å². The molecule has 0 spiro atoms. The second-order valence-corrected chi connectivity index (χ2v) is 5.14. The van der Waals surface area contributed by atoms with Crippen LogP contribution in [0.25, 0.3) is 10.9 Å². The van der Waals surface area contributed by atoms with Crippen molar-refractivity contribution >= 4 is 10.9 Å². The van der Waals surface area contributed by atoms with Gasteiger partial charge in [-0.15, -0.1) is 0 Å². The fourth-order valence-corrected chi connectivity index (χ4v) is 2.89. The second kappa shape index (κ2) is 5.25. The maximum absolute atomic E-state index is 5.80. The van der Waals surface area contributed by atoms with Gasteiger partial charge in [-0.25, -0.2) is 0 Å². The monoisotopic (exact) mass is 257 g/mol. The van der Waals surface area contributed by atoms with Crippen molar-refractivity contribution in [3.05, 3.63) is 41.6 Å². The van der Waals surface area contributed by atoms with Gasteiger partial charge < -0.3 is 4.74 Å². The van der Waals surface area contributed by atoms with E-state index in [2.05, 4.69) is 22.5 Å². The molecule has 1 aliphatic rings. The normalized spacial score (nSPS) is 20.8. The van der Waals surface area contributed by atoms with E-state index < -0.39 is 0 Å². The van der Waals surface area contributed by atoms with Crippen molar-refractivity contribution in [2.24, 2.45) is 11.8 Å². The molecule has 1 fully saturated rings. The van der Waals surface area contributed by atoms with Gasteiger partial charge in [0.25, 0.3) is 0 Å². The summed E-state index contributed by atoms with van der Waals surface area (Å²) in [6, 6.07) is 10.5. The first kappa shape index (κ1) is 12.5. The molecule has 0 amide bonds. The van der Waals surface area contributed by atoms with Gasteiger partial charge in [-0.05, 0) is 31.0 Å². The summed E-state index contributed by atoms with van der Waals surface area (Å²) in [4.78, 5) is 4.58. The molecular weight excluding hydrogens is 238 g/mol. The summed E-state index contributed by atoms with van der Waals surface area (Å²) in [6.45, 7) is 3.62. The van der Waals surface area contributed by atoms with E-state index in [0.29, 0.717) is 5.92 Å². The molecule has 3 rings (SSSR count). The summed E-state index contributed by atoms with van der Waals surface area (Å²) >= 11 is 0. The topological polar surface area (TPSA) is 60.2 Å². The number of nitrogens with two attached hydrogens (primary N) is 1. The molecule has 0 aliphatic carbocycles. The van der Waals surface area contributed by atoms with Crippen LogP contribution in [-0.4, -0.2) is 18.2 Å². The molecule has 4 nitrogen and oxygen atoms in total. The van der Waals surface area contributed by atoms with E-state index in [-0.39, 0.29) is 6.04 Å². The number of pyridine rings is 1. The number of rotatable bonds is 3. The molecule has 0 radical (unpaired) electrons. The molecule has 19 heavy (non-hydrogen) atoms. The first-order valence-corrected chi connectivity index (χ1v) is 6.70. The molecule has 2 unspecified atom stereocenters. The van der Waals surface area contributed by atoms with Gasteiger partial charge in [0, 0.05) is 23.6 Å². The van der Waals surface area contributed by atoms with Crippen LogP contribution >= 0.6 is 0 Å². The molecule has 4 heteroatoms. The predicted molar refractivity (Wildman–Crippen MR) is 75.5 cm³/mol. The van der Waals surface area contributed by atoms with Crippen LogP contribution in [0.1, 0.15) is 23.7 Å². The molecule has 1 saturated heterocycles. The number of fused-ring (bicyclic) bond motifs is 1. The van der Waals surface area contributed by atoms with E-state index in [1.807, 2.05) is 25.1 Å². The van der Waals surface area contributed by atoms with Crippen molar-refractivity contribution in [2.75, 3.05) is 13.2 Å². The van der Waals surface area contributed by atoms with Crippen LogP contribution in [0.2, 0.25) is 0 Å². The minimum absolute atomic E-state index is 0.120. The highest BCUT2D eigenvalue weighted by atomic mass is 16.5. The van der Waals surface area contributed by atoms with Crippen LogP contribution in [0.5, 0.6) is 0 Å². The van der Waals surface area contributed by atoms with E-state index in [9.17, 15) is 0 Å². The molecule has 1 aromatic carbocycles. The Hall–Kier alpha value is -1.49. The molecule has 2 aromatic rings. The highest BCUT2D eigenvalue weighted by Gasteiger charge is 2.27. The van der Waals surface area contributed by atoms with Crippen LogP contribution in [0, 0.1) is 12.8 Å². The van der Waals surface area contributed by atoms with Crippen LogP contribution in [0.15, 0.2) is 30.3 Å². The number of hydrogen-bond acceptors (Lipinski definition) is 4. The Bertz CT molecular complexity index is 579. The number of hydrazine groups is 1. The van der Waals surface area contributed by atoms with Crippen molar-refractivity contribution in [3.63, 3.8) is 0 Å². The van der Waals surface area contributed by atoms with Crippen molar-refractivity contribution in [1.82, 2.24) is 10.4 Å². The van der Waals surface area contributed by atoms with E-state index >= 15 is 0 Å². The van der Waals surface area contributed by atoms with E-state index in [1.54, 1.807) is 0 Å². The van der Waals surface area contributed by atoms with E-state index in [4.69, 9.17) is 10.6 Å². The summed E-state index contributed by atoms with van der Waals surface area (Å²) in [5.74, 6) is 6.23. The average Bonchev–Trinajstić information content (AvgIpc) is 2.93. The van der Waals surface area contributed by atoms with Gasteiger partial charge in [0.2, 0.25) is 0 Å². The molecule has 1 aliphatic heterocycles. The molecule has 0 saturated carbocycles. The van der Waals surface area contributed by atoms with Crippen molar-refractivity contribution in [3.8, 4) is 0 Å². The first-order valence-electron chi connectivity index (χ1n) is 6.70. The molecule has 2 heterocycles. The van der Waals surface area contributed by atoms with Gasteiger partial charge in [0.05, 0.1) is 18.2 Å². The van der Waals surface area contributed by atoms with Gasteiger partial charge in [-0.1, -0.05) is 18.2 Å². The molecule has 2 atom stereocenters. The van der Waals surface area contributed by atoms with Gasteiger partial charge in [0.1, 0.15) is 0 Å². The highest BCUT2D eigenvalue weighted by molar-refractivity contribution is 5.82. The third-order valence-electron chi connectivity index (χ3n) is 3.83. The lowest BCUT2D eigenvalue weighted by Gasteiger charge is -2.23. The summed E-state index contributed by atoms with van der Waals surface area (Å²) < 4.78 is 5.49. The Kier molecular flexibility index (Phi) is 3.46. The lowest BCUT2D eigenvalue weighted by Crippen LogP contribution is -2.34. The maximum Gasteiger partial charge on any atom is 0.0708 e. The quantitative estimate of drug-likeness (QED) is 0.653. The molecule has 100 valence electrons. The third-order valence-corrected chi connectivity index (χ3v) is 3.83. The van der Waals surface area contributed by atoms with Crippen molar-refractivity contribution < 1.29 is 4.74 Å². The zero-order valence-electron chi connectivity index (χ0n) is 11.1. The fourth-order valence-electron chi connectivity index (χ4n) is 2.89. The SMILES string of the molecule is Cc1cc(C(NN)C2CCOC2)c2ccccc2n1. The Morgan fingerprint density at radius 1 is 1.42 bits per heavy atom. The number of ether oxygens (including phenoxy) is 1. The summed E-state index contributed by atoms with van der Waals surface area (Å²) in [6.07, 6.45) is 1.05. The summed E-state index contributed by atoms with van der Waals surface area (Å²) in [7, 11) is 0. The highest BCUT2D eigenvalue weighted by Crippen LogP contribution is 2.32. The zero-order chi connectivity index (χ0) is 13.2. The van der Waals surface area contributed by atoms with E-state index in [0.717, 1.165) is 30.8 Å². The zero-order valence-corrected chi connectivity index (χ0v) is 11.1. The number of para-hydroxylation sites is 1. The number of nitrogens with one attached hydrogen (secondary N) is 1. The second-order valence-electron chi connectivity index (χ2n) is 5.14. The minimum Gasteiger partial charge on any atom is -0.381 e. The molecule has 1 aromatic heterocycles. The average molecular weight is 257 g/mol. The van der Waals surface area contributed by atoms with Crippen LogP contribution < -0.4 is 11.3 Å². The number of aryl methyl sites for hydroxylation is 1. The lowest BCUT2D eigenvalue weighted by atomic mass is 9.90. The van der Waals surface area contributed by atoms with Gasteiger partial charge in [-0.2, -0.15) is 0 Å². The summed E-state index contributed by atoms with van der Waals surface area (Å²) in [5.41, 5.74) is 6.24. The van der Waals surface area contributed by atoms with E-state index in [1.165, 1.54) is 10.9 Å². The Balaban J connectivity index is 2.11. The molecule has 3 N–H and O–H groups in total. The van der Waals surface area contributed by atoms with Crippen LogP contribution in [-0.2, 0) is 4.74 Å².